The predicted molar refractivity (Wildman–Crippen MR) is 42.1 cm³/mol. The molecule has 1 N–H and O–H groups in total. The first kappa shape index (κ1) is 5.81. The van der Waals surface area contributed by atoms with Crippen LogP contribution in [-0.4, -0.2) is 4.98 Å². The molecule has 10 heavy (non-hydrogen) atoms. The van der Waals surface area contributed by atoms with Crippen LogP contribution in [0.4, 0.5) is 0 Å². The molecular weight excluding hydrogens is 146 g/mol. The lowest BCUT2D eigenvalue weighted by atomic mass is 10.2. The Hall–Kier alpha value is -0.950. The smallest absolute Gasteiger partial charge is 0.0649 e. The van der Waals surface area contributed by atoms with Crippen molar-refractivity contribution in [2.24, 2.45) is 0 Å². The molecule has 0 aliphatic rings. The third-order valence-electron chi connectivity index (χ3n) is 1.46. The van der Waals surface area contributed by atoms with Crippen LogP contribution in [0.5, 0.6) is 0 Å². The third kappa shape index (κ3) is 0.711. The van der Waals surface area contributed by atoms with E-state index in [1.165, 1.54) is 0 Å². The van der Waals surface area contributed by atoms with Crippen LogP contribution in [0.1, 0.15) is 0 Å². The monoisotopic (exact) mass is 150 g/mol. The van der Waals surface area contributed by atoms with Gasteiger partial charge in [0.25, 0.3) is 0 Å². The lowest BCUT2D eigenvalue weighted by Gasteiger charge is -1.89. The van der Waals surface area contributed by atoms with Crippen LogP contribution < -0.4 is 0 Å². The van der Waals surface area contributed by atoms with E-state index in [2.05, 4.69) is 11.1 Å². The molecule has 1 aromatic carbocycles. The molecule has 1 aromatic heterocycles. The summed E-state index contributed by atoms with van der Waals surface area (Å²) in [7, 11) is 0. The van der Waals surface area contributed by atoms with E-state index in [0.717, 1.165) is 15.9 Å². The fourth-order valence-electron chi connectivity index (χ4n) is 0.977. The first-order chi connectivity index (χ1) is 4.88. The number of halogens is 1. The van der Waals surface area contributed by atoms with E-state index in [1.54, 1.807) is 6.20 Å². The molecule has 1 nitrogen and oxygen atoms in total. The number of nitrogens with one attached hydrogen (secondary N) is 1. The van der Waals surface area contributed by atoms with Crippen molar-refractivity contribution in [3.63, 3.8) is 0 Å². The number of aromatic nitrogens is 1. The van der Waals surface area contributed by atoms with Crippen molar-refractivity contribution in [1.82, 2.24) is 4.98 Å². The van der Waals surface area contributed by atoms with E-state index in [1.807, 2.05) is 18.2 Å². The van der Waals surface area contributed by atoms with Crippen LogP contribution in [0.15, 0.2) is 24.4 Å². The second-order valence-corrected chi connectivity index (χ2v) is 2.50. The molecule has 49 valence electrons. The molecule has 0 saturated heterocycles. The maximum Gasteiger partial charge on any atom is 0.0649 e. The summed E-state index contributed by atoms with van der Waals surface area (Å²) >= 11 is 5.85. The van der Waals surface area contributed by atoms with Gasteiger partial charge in [0.1, 0.15) is 0 Å². The van der Waals surface area contributed by atoms with Crippen molar-refractivity contribution >= 4 is 22.5 Å². The van der Waals surface area contributed by atoms with Gasteiger partial charge in [-0.05, 0) is 6.07 Å². The minimum absolute atomic E-state index is 0.749. The molecule has 0 amide bonds. The van der Waals surface area contributed by atoms with E-state index < -0.39 is 0 Å². The molecular formula is C8H5ClN. The van der Waals surface area contributed by atoms with Crippen molar-refractivity contribution in [1.29, 1.82) is 0 Å². The van der Waals surface area contributed by atoms with Crippen molar-refractivity contribution in [2.75, 3.05) is 0 Å². The maximum absolute atomic E-state index is 5.85. The zero-order valence-electron chi connectivity index (χ0n) is 5.19. The molecule has 2 rings (SSSR count). The van der Waals surface area contributed by atoms with Gasteiger partial charge in [0.2, 0.25) is 0 Å². The zero-order valence-corrected chi connectivity index (χ0v) is 5.94. The van der Waals surface area contributed by atoms with E-state index in [0.29, 0.717) is 0 Å². The molecule has 0 atom stereocenters. The molecule has 0 saturated carbocycles. The Balaban J connectivity index is 2.95. The van der Waals surface area contributed by atoms with Crippen molar-refractivity contribution in [2.45, 2.75) is 0 Å². The van der Waals surface area contributed by atoms with Crippen LogP contribution >= 0.6 is 11.6 Å². The normalized spacial score (nSPS) is 10.5. The Bertz CT molecular complexity index is 351. The van der Waals surface area contributed by atoms with Gasteiger partial charge in [-0.25, -0.2) is 0 Å². The van der Waals surface area contributed by atoms with Gasteiger partial charge >= 0.3 is 0 Å². The summed E-state index contributed by atoms with van der Waals surface area (Å²) in [6, 6.07) is 8.76. The summed E-state index contributed by atoms with van der Waals surface area (Å²) in [5, 5.41) is 1.78. The van der Waals surface area contributed by atoms with E-state index >= 15 is 0 Å². The second kappa shape index (κ2) is 2.03. The fraction of sp³-hybridized carbons (Fsp3) is 0. The lowest BCUT2D eigenvalue weighted by molar-refractivity contribution is 1.47. The van der Waals surface area contributed by atoms with Crippen LogP contribution in [0, 0.1) is 6.07 Å². The largest absolute Gasteiger partial charge is 0.359 e. The van der Waals surface area contributed by atoms with Crippen molar-refractivity contribution in [3.8, 4) is 0 Å². The summed E-state index contributed by atoms with van der Waals surface area (Å²) in [6.07, 6.45) is 1.76. The van der Waals surface area contributed by atoms with Crippen molar-refractivity contribution < 1.29 is 0 Å². The van der Waals surface area contributed by atoms with Crippen LogP contribution in [0.2, 0.25) is 5.02 Å². The Labute approximate surface area is 63.6 Å². The third-order valence-corrected chi connectivity index (χ3v) is 1.77. The highest BCUT2D eigenvalue weighted by atomic mass is 35.5. The van der Waals surface area contributed by atoms with Crippen LogP contribution in [0.25, 0.3) is 10.9 Å². The molecule has 0 fully saturated rings. The van der Waals surface area contributed by atoms with Crippen LogP contribution in [0.3, 0.4) is 0 Å². The summed E-state index contributed by atoms with van der Waals surface area (Å²) < 4.78 is 0. The number of rotatable bonds is 0. The molecule has 0 aliphatic carbocycles. The molecule has 2 heteroatoms. The SMILES string of the molecule is Clc1cccc2[c]c[nH]c12. The Morgan fingerprint density at radius 2 is 2.30 bits per heavy atom. The number of hydrogen-bond acceptors (Lipinski definition) is 0. The quantitative estimate of drug-likeness (QED) is 0.594. The summed E-state index contributed by atoms with van der Waals surface area (Å²) in [4.78, 5) is 3.00. The Morgan fingerprint density at radius 1 is 1.40 bits per heavy atom. The molecule has 2 aromatic rings. The summed E-state index contributed by atoms with van der Waals surface area (Å²) in [6.45, 7) is 0. The molecule has 0 unspecified atom stereocenters. The molecule has 1 heterocycles. The van der Waals surface area contributed by atoms with Gasteiger partial charge in [-0.1, -0.05) is 23.7 Å². The average Bonchev–Trinajstić information content (AvgIpc) is 2.36. The Morgan fingerprint density at radius 3 is 3.10 bits per heavy atom. The van der Waals surface area contributed by atoms with E-state index in [9.17, 15) is 0 Å². The van der Waals surface area contributed by atoms with Gasteiger partial charge in [0.05, 0.1) is 10.5 Å². The first-order valence-corrected chi connectivity index (χ1v) is 3.39. The Kier molecular flexibility index (Phi) is 1.18. The highest BCUT2D eigenvalue weighted by Crippen LogP contribution is 2.20. The standard InChI is InChI=1S/C8H5ClN/c9-7-3-1-2-6-4-5-10-8(6)7/h1-3,5,10H. The predicted octanol–water partition coefficient (Wildman–Crippen LogP) is 2.62. The highest BCUT2D eigenvalue weighted by molar-refractivity contribution is 6.35. The zero-order chi connectivity index (χ0) is 6.97. The lowest BCUT2D eigenvalue weighted by Crippen LogP contribution is -1.67. The van der Waals surface area contributed by atoms with Gasteiger partial charge in [-0.2, -0.15) is 0 Å². The summed E-state index contributed by atoms with van der Waals surface area (Å²) in [5.74, 6) is 0. The van der Waals surface area contributed by atoms with Crippen LogP contribution in [-0.2, 0) is 0 Å². The molecule has 0 spiro atoms. The summed E-state index contributed by atoms with van der Waals surface area (Å²) in [5.41, 5.74) is 0.962. The number of aromatic amines is 1. The maximum atomic E-state index is 5.85. The molecule has 1 radical (unpaired) electrons. The number of H-pyrrole nitrogens is 1. The van der Waals surface area contributed by atoms with E-state index in [-0.39, 0.29) is 0 Å². The second-order valence-electron chi connectivity index (χ2n) is 2.10. The average molecular weight is 151 g/mol. The number of para-hydroxylation sites is 1. The van der Waals surface area contributed by atoms with Gasteiger partial charge in [-0.3, -0.25) is 0 Å². The van der Waals surface area contributed by atoms with Gasteiger partial charge in [0.15, 0.2) is 0 Å². The molecule has 0 aliphatic heterocycles. The highest BCUT2D eigenvalue weighted by Gasteiger charge is 1.96. The number of benzene rings is 1. The number of fused-ring (bicyclic) bond motifs is 1. The minimum atomic E-state index is 0.749. The minimum Gasteiger partial charge on any atom is -0.359 e. The fourth-order valence-corrected chi connectivity index (χ4v) is 1.21. The van der Waals surface area contributed by atoms with Crippen molar-refractivity contribution in [3.05, 3.63) is 35.5 Å². The van der Waals surface area contributed by atoms with Gasteiger partial charge in [0, 0.05) is 17.6 Å². The first-order valence-electron chi connectivity index (χ1n) is 3.01. The number of hydrogen-bond donors (Lipinski definition) is 1. The van der Waals surface area contributed by atoms with Gasteiger partial charge < -0.3 is 4.98 Å². The topological polar surface area (TPSA) is 15.8 Å². The molecule has 0 bridgehead atoms. The van der Waals surface area contributed by atoms with E-state index in [4.69, 9.17) is 11.6 Å². The van der Waals surface area contributed by atoms with Gasteiger partial charge in [-0.15, -0.1) is 0 Å².